The van der Waals surface area contributed by atoms with Crippen LogP contribution in [0.5, 0.6) is 0 Å². The molecule has 2 aromatic carbocycles. The molecular formula is C18H21OP. The van der Waals surface area contributed by atoms with Gasteiger partial charge in [0.25, 0.3) is 0 Å². The molecule has 20 heavy (non-hydrogen) atoms. The lowest BCUT2D eigenvalue weighted by molar-refractivity contribution is 0.592. The fraction of sp³-hybridized carbons (Fsp3) is 0.222. The second kappa shape index (κ2) is 7.26. The Morgan fingerprint density at radius 1 is 0.900 bits per heavy atom. The Balaban J connectivity index is 2.39. The van der Waals surface area contributed by atoms with Crippen molar-refractivity contribution >= 4 is 17.8 Å². The molecule has 2 aromatic rings. The molecule has 1 nitrogen and oxygen atoms in total. The van der Waals surface area contributed by atoms with Gasteiger partial charge in [0.05, 0.1) is 0 Å². The number of rotatable bonds is 6. The van der Waals surface area contributed by atoms with Gasteiger partial charge in [-0.15, -0.1) is 0 Å². The minimum atomic E-state index is -2.64. The Morgan fingerprint density at radius 3 is 1.85 bits per heavy atom. The zero-order valence-corrected chi connectivity index (χ0v) is 12.8. The van der Waals surface area contributed by atoms with Crippen molar-refractivity contribution in [2.75, 3.05) is 0 Å². The van der Waals surface area contributed by atoms with Crippen molar-refractivity contribution in [2.45, 2.75) is 26.2 Å². The quantitative estimate of drug-likeness (QED) is 0.555. The lowest BCUT2D eigenvalue weighted by Gasteiger charge is -2.15. The molecule has 0 aromatic heterocycles. The van der Waals surface area contributed by atoms with Gasteiger partial charge in [-0.2, -0.15) is 0 Å². The molecule has 0 saturated heterocycles. The van der Waals surface area contributed by atoms with E-state index in [4.69, 9.17) is 0 Å². The largest absolute Gasteiger partial charge is 0.309 e. The molecule has 2 heteroatoms. The fourth-order valence-electron chi connectivity index (χ4n) is 2.17. The molecule has 104 valence electrons. The number of hydrogen-bond acceptors (Lipinski definition) is 1. The first-order valence-corrected chi connectivity index (χ1v) is 8.93. The van der Waals surface area contributed by atoms with Crippen LogP contribution in [0.15, 0.2) is 72.6 Å². The molecule has 0 aliphatic carbocycles. The van der Waals surface area contributed by atoms with E-state index in [1.807, 2.05) is 66.5 Å². The van der Waals surface area contributed by atoms with Crippen LogP contribution in [0.3, 0.4) is 0 Å². The van der Waals surface area contributed by atoms with Gasteiger partial charge in [-0.05, 0) is 12.2 Å². The molecule has 0 radical (unpaired) electrons. The standard InChI is InChI=1S/C18H21OP/c1-2-3-4-11-16-20(19,17-12-7-5-8-13-17)18-14-9-6-10-15-18/h5-16H,2-4H2,1H3. The van der Waals surface area contributed by atoms with E-state index in [0.717, 1.165) is 29.9 Å². The highest BCUT2D eigenvalue weighted by atomic mass is 31.2. The van der Waals surface area contributed by atoms with Crippen molar-refractivity contribution in [3.63, 3.8) is 0 Å². The summed E-state index contributed by atoms with van der Waals surface area (Å²) < 4.78 is 13.5. The number of allylic oxidation sites excluding steroid dienone is 1. The van der Waals surface area contributed by atoms with Crippen LogP contribution in [-0.2, 0) is 4.57 Å². The van der Waals surface area contributed by atoms with Crippen molar-refractivity contribution in [1.29, 1.82) is 0 Å². The van der Waals surface area contributed by atoms with Gasteiger partial charge in [-0.25, -0.2) is 0 Å². The highest BCUT2D eigenvalue weighted by Gasteiger charge is 2.23. The summed E-state index contributed by atoms with van der Waals surface area (Å²) in [6, 6.07) is 19.5. The molecular weight excluding hydrogens is 263 g/mol. The molecule has 0 aliphatic heterocycles. The highest BCUT2D eigenvalue weighted by Crippen LogP contribution is 2.44. The van der Waals surface area contributed by atoms with Crippen LogP contribution in [0, 0.1) is 0 Å². The summed E-state index contributed by atoms with van der Waals surface area (Å²) in [4.78, 5) is 0. The SMILES string of the molecule is CCCCC=CP(=O)(c1ccccc1)c1ccccc1. The van der Waals surface area contributed by atoms with Crippen LogP contribution >= 0.6 is 7.14 Å². The lowest BCUT2D eigenvalue weighted by atomic mass is 10.2. The van der Waals surface area contributed by atoms with E-state index in [2.05, 4.69) is 13.0 Å². The first-order valence-electron chi connectivity index (χ1n) is 7.16. The molecule has 0 amide bonds. The lowest BCUT2D eigenvalue weighted by Crippen LogP contribution is -2.13. The summed E-state index contributed by atoms with van der Waals surface area (Å²) in [6.07, 6.45) is 5.36. The Labute approximate surface area is 121 Å². The van der Waals surface area contributed by atoms with Gasteiger partial charge in [0, 0.05) is 10.6 Å². The van der Waals surface area contributed by atoms with E-state index in [1.165, 1.54) is 0 Å². The highest BCUT2D eigenvalue weighted by molar-refractivity contribution is 7.81. The Bertz CT molecular complexity index is 544. The minimum Gasteiger partial charge on any atom is -0.309 e. The maximum absolute atomic E-state index is 13.5. The van der Waals surface area contributed by atoms with Crippen LogP contribution in [0.25, 0.3) is 0 Å². The third-order valence-electron chi connectivity index (χ3n) is 3.32. The van der Waals surface area contributed by atoms with Gasteiger partial charge in [0.2, 0.25) is 0 Å². The van der Waals surface area contributed by atoms with Gasteiger partial charge in [-0.1, -0.05) is 86.5 Å². The monoisotopic (exact) mass is 284 g/mol. The molecule has 0 spiro atoms. The van der Waals surface area contributed by atoms with Crippen molar-refractivity contribution < 1.29 is 4.57 Å². The average Bonchev–Trinajstić information content (AvgIpc) is 2.53. The molecule has 0 fully saturated rings. The van der Waals surface area contributed by atoms with E-state index in [0.29, 0.717) is 0 Å². The third-order valence-corrected chi connectivity index (χ3v) is 6.08. The predicted molar refractivity (Wildman–Crippen MR) is 88.4 cm³/mol. The maximum atomic E-state index is 13.5. The van der Waals surface area contributed by atoms with Crippen molar-refractivity contribution in [2.24, 2.45) is 0 Å². The number of unbranched alkanes of at least 4 members (excludes halogenated alkanes) is 2. The zero-order chi connectivity index (χ0) is 14.3. The molecule has 0 atom stereocenters. The Morgan fingerprint density at radius 2 is 1.40 bits per heavy atom. The second-order valence-corrected chi connectivity index (χ2v) is 7.50. The summed E-state index contributed by atoms with van der Waals surface area (Å²) in [5.74, 6) is 1.92. The van der Waals surface area contributed by atoms with Crippen LogP contribution in [0.1, 0.15) is 26.2 Å². The maximum Gasteiger partial charge on any atom is 0.163 e. The van der Waals surface area contributed by atoms with Crippen molar-refractivity contribution in [1.82, 2.24) is 0 Å². The smallest absolute Gasteiger partial charge is 0.163 e. The molecule has 0 bridgehead atoms. The van der Waals surface area contributed by atoms with Gasteiger partial charge < -0.3 is 4.57 Å². The van der Waals surface area contributed by atoms with E-state index in [1.54, 1.807) is 0 Å². The van der Waals surface area contributed by atoms with E-state index in [9.17, 15) is 4.57 Å². The summed E-state index contributed by atoms with van der Waals surface area (Å²) in [5, 5.41) is 1.80. The second-order valence-electron chi connectivity index (χ2n) is 4.86. The van der Waals surface area contributed by atoms with Crippen LogP contribution < -0.4 is 10.6 Å². The van der Waals surface area contributed by atoms with E-state index in [-0.39, 0.29) is 0 Å². The zero-order valence-electron chi connectivity index (χ0n) is 11.9. The molecule has 0 unspecified atom stereocenters. The summed E-state index contributed by atoms with van der Waals surface area (Å²) >= 11 is 0. The minimum absolute atomic E-state index is 0.902. The van der Waals surface area contributed by atoms with E-state index < -0.39 is 7.14 Å². The number of benzene rings is 2. The van der Waals surface area contributed by atoms with E-state index >= 15 is 0 Å². The fourth-order valence-corrected chi connectivity index (χ4v) is 4.48. The predicted octanol–water partition coefficient (Wildman–Crippen LogP) is 4.70. The van der Waals surface area contributed by atoms with Crippen LogP contribution in [0.4, 0.5) is 0 Å². The summed E-state index contributed by atoms with van der Waals surface area (Å²) in [7, 11) is -2.64. The average molecular weight is 284 g/mol. The van der Waals surface area contributed by atoms with Gasteiger partial charge in [0.15, 0.2) is 7.14 Å². The first kappa shape index (κ1) is 14.8. The van der Waals surface area contributed by atoms with Crippen molar-refractivity contribution in [3.05, 3.63) is 72.6 Å². The summed E-state index contributed by atoms with van der Waals surface area (Å²) in [5.41, 5.74) is 0. The molecule has 0 N–H and O–H groups in total. The van der Waals surface area contributed by atoms with Crippen LogP contribution in [0.2, 0.25) is 0 Å². The normalized spacial score (nSPS) is 11.8. The Hall–Kier alpha value is -1.59. The van der Waals surface area contributed by atoms with Gasteiger partial charge in [0.1, 0.15) is 0 Å². The molecule has 0 saturated carbocycles. The molecule has 0 aliphatic rings. The first-order chi connectivity index (χ1) is 9.77. The molecule has 0 heterocycles. The topological polar surface area (TPSA) is 17.1 Å². The number of hydrogen-bond donors (Lipinski definition) is 0. The van der Waals surface area contributed by atoms with Crippen molar-refractivity contribution in [3.8, 4) is 0 Å². The summed E-state index contributed by atoms with van der Waals surface area (Å²) in [6.45, 7) is 2.17. The third kappa shape index (κ3) is 3.49. The van der Waals surface area contributed by atoms with Gasteiger partial charge in [-0.3, -0.25) is 0 Å². The molecule has 2 rings (SSSR count). The Kier molecular flexibility index (Phi) is 5.38. The van der Waals surface area contributed by atoms with Gasteiger partial charge >= 0.3 is 0 Å². The van der Waals surface area contributed by atoms with Crippen LogP contribution in [-0.4, -0.2) is 0 Å².